The summed E-state index contributed by atoms with van der Waals surface area (Å²) in [6, 6.07) is 15.2. The lowest BCUT2D eigenvalue weighted by atomic mass is 10.1. The first-order chi connectivity index (χ1) is 16.4. The summed E-state index contributed by atoms with van der Waals surface area (Å²) in [5, 5.41) is 0. The van der Waals surface area contributed by atoms with Crippen LogP contribution in [0, 0.1) is 6.92 Å². The topological polar surface area (TPSA) is 75.6 Å². The van der Waals surface area contributed by atoms with Gasteiger partial charge in [0.05, 0.1) is 23.8 Å². The summed E-state index contributed by atoms with van der Waals surface area (Å²) < 4.78 is 34.7. The number of hydrogen-bond acceptors (Lipinski definition) is 6. The molecule has 1 saturated heterocycles. The molecule has 0 amide bonds. The quantitative estimate of drug-likeness (QED) is 0.489. The van der Waals surface area contributed by atoms with E-state index in [1.165, 1.54) is 11.1 Å². The minimum absolute atomic E-state index is 0.269. The zero-order valence-electron chi connectivity index (χ0n) is 19.1. The predicted octanol–water partition coefficient (Wildman–Crippen LogP) is 3.72. The maximum Gasteiger partial charge on any atom is 0.243 e. The van der Waals surface area contributed by atoms with Crippen molar-refractivity contribution < 1.29 is 13.2 Å². The highest BCUT2D eigenvalue weighted by atomic mass is 79.9. The van der Waals surface area contributed by atoms with Crippen LogP contribution in [0.2, 0.25) is 0 Å². The van der Waals surface area contributed by atoms with Crippen LogP contribution in [0.25, 0.3) is 0 Å². The molecule has 1 aromatic heterocycles. The van der Waals surface area contributed by atoms with Crippen LogP contribution in [0.15, 0.2) is 57.9 Å². The van der Waals surface area contributed by atoms with E-state index >= 15 is 0 Å². The number of rotatable bonds is 5. The molecule has 0 atom stereocenters. The number of halogens is 1. The van der Waals surface area contributed by atoms with Crippen molar-refractivity contribution >= 4 is 31.8 Å². The van der Waals surface area contributed by atoms with Crippen LogP contribution in [-0.4, -0.2) is 55.5 Å². The number of benzene rings is 2. The third kappa shape index (κ3) is 4.88. The van der Waals surface area contributed by atoms with Gasteiger partial charge in [0.15, 0.2) is 0 Å². The van der Waals surface area contributed by atoms with Gasteiger partial charge in [0.1, 0.15) is 11.6 Å². The van der Waals surface area contributed by atoms with Gasteiger partial charge in [0.25, 0.3) is 0 Å². The monoisotopic (exact) mass is 542 g/mol. The van der Waals surface area contributed by atoms with E-state index in [1.54, 1.807) is 28.6 Å². The Balaban J connectivity index is 1.50. The minimum Gasteiger partial charge on any atom is -0.378 e. The van der Waals surface area contributed by atoms with Crippen molar-refractivity contribution in [2.75, 3.05) is 37.7 Å². The summed E-state index contributed by atoms with van der Waals surface area (Å²) in [4.78, 5) is 12.4. The summed E-state index contributed by atoms with van der Waals surface area (Å²) in [6.07, 6.45) is 1.21. The Morgan fingerprint density at radius 3 is 2.53 bits per heavy atom. The lowest BCUT2D eigenvalue weighted by Crippen LogP contribution is -2.41. The molecule has 7 nitrogen and oxygen atoms in total. The summed E-state index contributed by atoms with van der Waals surface area (Å²) in [5.41, 5.74) is 4.23. The standard InChI is InChI=1S/C25H27BrN4O3S/c1-18-3-2-4-19(15-18)16-24-27-23-9-10-30(34(31,32)21-7-5-20(26)6-8-21)17-22(23)25(28-24)29-11-13-33-14-12-29/h2-8,15H,9-14,16-17H2,1H3. The Bertz CT molecular complexity index is 1290. The summed E-state index contributed by atoms with van der Waals surface area (Å²) in [6.45, 7) is 5.47. The average molecular weight is 543 g/mol. The normalized spacial score (nSPS) is 16.9. The van der Waals surface area contributed by atoms with Crippen molar-refractivity contribution in [1.82, 2.24) is 14.3 Å². The van der Waals surface area contributed by atoms with Crippen molar-refractivity contribution in [3.63, 3.8) is 0 Å². The van der Waals surface area contributed by atoms with Crippen LogP contribution < -0.4 is 4.90 Å². The zero-order valence-corrected chi connectivity index (χ0v) is 21.5. The maximum absolute atomic E-state index is 13.4. The lowest BCUT2D eigenvalue weighted by Gasteiger charge is -2.34. The van der Waals surface area contributed by atoms with Crippen LogP contribution in [0.5, 0.6) is 0 Å². The average Bonchev–Trinajstić information content (AvgIpc) is 2.84. The van der Waals surface area contributed by atoms with Gasteiger partial charge in [-0.05, 0) is 36.8 Å². The molecule has 0 bridgehead atoms. The largest absolute Gasteiger partial charge is 0.378 e. The predicted molar refractivity (Wildman–Crippen MR) is 134 cm³/mol. The van der Waals surface area contributed by atoms with Crippen molar-refractivity contribution in [3.8, 4) is 0 Å². The molecule has 5 rings (SSSR count). The van der Waals surface area contributed by atoms with E-state index in [-0.39, 0.29) is 6.54 Å². The fourth-order valence-corrected chi connectivity index (χ4v) is 6.18. The van der Waals surface area contributed by atoms with Gasteiger partial charge in [-0.15, -0.1) is 0 Å². The number of morpholine rings is 1. The summed E-state index contributed by atoms with van der Waals surface area (Å²) in [7, 11) is -3.62. The van der Waals surface area contributed by atoms with E-state index < -0.39 is 10.0 Å². The molecule has 0 saturated carbocycles. The third-order valence-corrected chi connectivity index (χ3v) is 8.64. The molecular formula is C25H27BrN4O3S. The van der Waals surface area contributed by atoms with E-state index in [4.69, 9.17) is 14.7 Å². The smallest absolute Gasteiger partial charge is 0.243 e. The number of hydrogen-bond donors (Lipinski definition) is 0. The first-order valence-electron chi connectivity index (χ1n) is 11.4. The Morgan fingerprint density at radius 2 is 1.79 bits per heavy atom. The van der Waals surface area contributed by atoms with Gasteiger partial charge in [-0.25, -0.2) is 18.4 Å². The number of ether oxygens (including phenoxy) is 1. The first-order valence-corrected chi connectivity index (χ1v) is 13.7. The molecule has 2 aromatic carbocycles. The van der Waals surface area contributed by atoms with Crippen molar-refractivity contribution in [2.24, 2.45) is 0 Å². The fraction of sp³-hybridized carbons (Fsp3) is 0.360. The minimum atomic E-state index is -3.62. The van der Waals surface area contributed by atoms with E-state index in [0.717, 1.165) is 40.5 Å². The summed E-state index contributed by atoms with van der Waals surface area (Å²) in [5.74, 6) is 1.61. The first kappa shape index (κ1) is 23.4. The van der Waals surface area contributed by atoms with Crippen molar-refractivity contribution in [2.45, 2.75) is 31.2 Å². The molecule has 3 aromatic rings. The molecule has 34 heavy (non-hydrogen) atoms. The van der Waals surface area contributed by atoms with Gasteiger partial charge in [0, 0.05) is 49.1 Å². The van der Waals surface area contributed by atoms with Crippen LogP contribution in [0.1, 0.15) is 28.2 Å². The number of aryl methyl sites for hydroxylation is 1. The molecule has 0 unspecified atom stereocenters. The number of anilines is 1. The number of nitrogens with zero attached hydrogens (tertiary/aromatic N) is 4. The highest BCUT2D eigenvalue weighted by Gasteiger charge is 2.32. The molecule has 2 aliphatic rings. The molecule has 9 heteroatoms. The van der Waals surface area contributed by atoms with Gasteiger partial charge in [-0.2, -0.15) is 4.31 Å². The highest BCUT2D eigenvalue weighted by Crippen LogP contribution is 2.31. The van der Waals surface area contributed by atoms with E-state index in [1.807, 2.05) is 0 Å². The Morgan fingerprint density at radius 1 is 1.03 bits per heavy atom. The Labute approximate surface area is 209 Å². The molecule has 0 spiro atoms. The van der Waals surface area contributed by atoms with Crippen LogP contribution in [-0.2, 0) is 34.1 Å². The van der Waals surface area contributed by atoms with Gasteiger partial charge >= 0.3 is 0 Å². The second-order valence-corrected chi connectivity index (χ2v) is 11.6. The van der Waals surface area contributed by atoms with Crippen LogP contribution >= 0.6 is 15.9 Å². The maximum atomic E-state index is 13.4. The second-order valence-electron chi connectivity index (χ2n) is 8.70. The molecular weight excluding hydrogens is 516 g/mol. The van der Waals surface area contributed by atoms with Gasteiger partial charge in [-0.3, -0.25) is 0 Å². The Kier molecular flexibility index (Phi) is 6.70. The van der Waals surface area contributed by atoms with Gasteiger partial charge in [0.2, 0.25) is 10.0 Å². The van der Waals surface area contributed by atoms with Crippen LogP contribution in [0.3, 0.4) is 0 Å². The van der Waals surface area contributed by atoms with Gasteiger partial charge in [-0.1, -0.05) is 45.8 Å². The molecule has 0 aliphatic carbocycles. The molecule has 1 fully saturated rings. The van der Waals surface area contributed by atoms with Gasteiger partial charge < -0.3 is 9.64 Å². The van der Waals surface area contributed by atoms with E-state index in [9.17, 15) is 8.42 Å². The molecule has 0 radical (unpaired) electrons. The summed E-state index contributed by atoms with van der Waals surface area (Å²) >= 11 is 3.38. The number of sulfonamides is 1. The van der Waals surface area contributed by atoms with Crippen LogP contribution in [0.4, 0.5) is 5.82 Å². The number of fused-ring (bicyclic) bond motifs is 1. The second kappa shape index (κ2) is 9.73. The Hall–Kier alpha value is -2.33. The van der Waals surface area contributed by atoms with Crippen molar-refractivity contribution in [3.05, 3.63) is 81.2 Å². The molecule has 178 valence electrons. The molecule has 0 N–H and O–H groups in total. The zero-order chi connectivity index (χ0) is 23.7. The van der Waals surface area contributed by atoms with E-state index in [0.29, 0.717) is 37.5 Å². The highest BCUT2D eigenvalue weighted by molar-refractivity contribution is 9.10. The lowest BCUT2D eigenvalue weighted by molar-refractivity contribution is 0.122. The fourth-order valence-electron chi connectivity index (χ4n) is 4.50. The van der Waals surface area contributed by atoms with E-state index in [2.05, 4.69) is 52.0 Å². The van der Waals surface area contributed by atoms with Crippen molar-refractivity contribution in [1.29, 1.82) is 0 Å². The molecule has 3 heterocycles. The third-order valence-electron chi connectivity index (χ3n) is 6.26. The SMILES string of the molecule is Cc1cccc(Cc2nc3c(c(N4CCOCC4)n2)CN(S(=O)(=O)c2ccc(Br)cc2)CC3)c1. The number of aromatic nitrogens is 2. The molecule has 2 aliphatic heterocycles.